The van der Waals surface area contributed by atoms with E-state index in [1.807, 2.05) is 13.8 Å². The zero-order valence-electron chi connectivity index (χ0n) is 18.2. The summed E-state index contributed by atoms with van der Waals surface area (Å²) in [6, 6.07) is -4.70. The maximum atomic E-state index is 12.8. The SMILES string of the molecule is CC(C)CC(NC(=O)C(NC(=O)C(N)Cc1cnc[nH]1)C(C)O)C(=O)NC(CS)C(=O)O. The van der Waals surface area contributed by atoms with E-state index in [1.165, 1.54) is 19.4 Å². The Bertz CT molecular complexity index is 772. The number of H-pyrrole nitrogens is 1. The number of thiol groups is 1. The molecule has 12 nitrogen and oxygen atoms in total. The lowest BCUT2D eigenvalue weighted by molar-refractivity contribution is -0.141. The number of rotatable bonds is 13. The zero-order valence-corrected chi connectivity index (χ0v) is 19.1. The molecular weight excluding hydrogens is 440 g/mol. The molecule has 0 saturated heterocycles. The molecule has 0 aliphatic heterocycles. The van der Waals surface area contributed by atoms with Crippen molar-refractivity contribution in [2.75, 3.05) is 5.75 Å². The zero-order chi connectivity index (χ0) is 24.4. The van der Waals surface area contributed by atoms with Gasteiger partial charge in [-0.1, -0.05) is 13.8 Å². The molecule has 1 aromatic rings. The van der Waals surface area contributed by atoms with Gasteiger partial charge in [0.05, 0.1) is 18.5 Å². The second-order valence-electron chi connectivity index (χ2n) is 7.89. The molecule has 1 aromatic heterocycles. The molecular formula is C19H32N6O6S. The van der Waals surface area contributed by atoms with Crippen LogP contribution >= 0.6 is 12.6 Å². The standard InChI is InChI=1S/C19H32N6O6S/c1-9(2)4-13(17(28)24-14(7-32)19(30)31)23-18(29)15(10(3)26)25-16(27)12(20)5-11-6-21-8-22-11/h6,8-10,12-15,26,32H,4-5,7,20H2,1-3H3,(H,21,22)(H,23,29)(H,24,28)(H,25,27)(H,30,31). The van der Waals surface area contributed by atoms with Gasteiger partial charge in [-0.15, -0.1) is 0 Å². The van der Waals surface area contributed by atoms with Gasteiger partial charge in [0, 0.05) is 24.1 Å². The molecule has 0 saturated carbocycles. The Morgan fingerprint density at radius 3 is 2.19 bits per heavy atom. The van der Waals surface area contributed by atoms with Crippen molar-refractivity contribution >= 4 is 36.3 Å². The van der Waals surface area contributed by atoms with Crippen LogP contribution in [0, 0.1) is 5.92 Å². The van der Waals surface area contributed by atoms with Crippen LogP contribution in [0.25, 0.3) is 0 Å². The van der Waals surface area contributed by atoms with Gasteiger partial charge in [-0.25, -0.2) is 9.78 Å². The van der Waals surface area contributed by atoms with Crippen molar-refractivity contribution in [1.82, 2.24) is 25.9 Å². The molecule has 0 aromatic carbocycles. The van der Waals surface area contributed by atoms with E-state index in [0.717, 1.165) is 0 Å². The maximum absolute atomic E-state index is 12.8. The minimum Gasteiger partial charge on any atom is -0.480 e. The van der Waals surface area contributed by atoms with E-state index in [-0.39, 0.29) is 24.5 Å². The first kappa shape index (κ1) is 27.4. The molecule has 0 bridgehead atoms. The van der Waals surface area contributed by atoms with Crippen LogP contribution in [-0.4, -0.2) is 79.9 Å². The van der Waals surface area contributed by atoms with Crippen LogP contribution in [0.1, 0.15) is 32.9 Å². The van der Waals surface area contributed by atoms with Gasteiger partial charge in [-0.05, 0) is 19.3 Å². The third-order valence-corrected chi connectivity index (χ3v) is 4.90. The number of hydrogen-bond donors (Lipinski definition) is 8. The summed E-state index contributed by atoms with van der Waals surface area (Å²) < 4.78 is 0. The molecule has 8 N–H and O–H groups in total. The van der Waals surface area contributed by atoms with Gasteiger partial charge in [0.2, 0.25) is 17.7 Å². The number of aromatic amines is 1. The fourth-order valence-electron chi connectivity index (χ4n) is 2.81. The molecule has 5 unspecified atom stereocenters. The molecule has 180 valence electrons. The number of nitrogens with two attached hydrogens (primary N) is 1. The second-order valence-corrected chi connectivity index (χ2v) is 8.25. The summed E-state index contributed by atoms with van der Waals surface area (Å²) in [6.07, 6.45) is 2.00. The Morgan fingerprint density at radius 2 is 1.72 bits per heavy atom. The smallest absolute Gasteiger partial charge is 0.327 e. The Morgan fingerprint density at radius 1 is 1.09 bits per heavy atom. The Balaban J connectivity index is 2.87. The van der Waals surface area contributed by atoms with Crippen molar-refractivity contribution in [3.8, 4) is 0 Å². The second kappa shape index (κ2) is 13.0. The maximum Gasteiger partial charge on any atom is 0.327 e. The van der Waals surface area contributed by atoms with Crippen molar-refractivity contribution in [2.45, 2.75) is 63.9 Å². The lowest BCUT2D eigenvalue weighted by atomic mass is 10.0. The lowest BCUT2D eigenvalue weighted by Crippen LogP contribution is -2.60. The number of aromatic nitrogens is 2. The summed E-state index contributed by atoms with van der Waals surface area (Å²) in [5.74, 6) is -3.60. The van der Waals surface area contributed by atoms with Crippen LogP contribution in [-0.2, 0) is 25.6 Å². The highest BCUT2D eigenvalue weighted by atomic mass is 32.1. The molecule has 0 aliphatic carbocycles. The van der Waals surface area contributed by atoms with Crippen molar-refractivity contribution in [3.63, 3.8) is 0 Å². The monoisotopic (exact) mass is 472 g/mol. The summed E-state index contributed by atoms with van der Waals surface area (Å²) in [5.41, 5.74) is 6.49. The van der Waals surface area contributed by atoms with Crippen molar-refractivity contribution in [1.29, 1.82) is 0 Å². The lowest BCUT2D eigenvalue weighted by Gasteiger charge is -2.27. The number of carboxylic acid groups (broad SMARTS) is 1. The third kappa shape index (κ3) is 8.85. The third-order valence-electron chi connectivity index (χ3n) is 4.53. The Kier molecular flexibility index (Phi) is 11.2. The van der Waals surface area contributed by atoms with Gasteiger partial charge in [-0.2, -0.15) is 12.6 Å². The Labute approximate surface area is 191 Å². The first-order valence-electron chi connectivity index (χ1n) is 10.1. The molecule has 3 amide bonds. The minimum absolute atomic E-state index is 0.0206. The van der Waals surface area contributed by atoms with Gasteiger partial charge in [0.25, 0.3) is 0 Å². The van der Waals surface area contributed by atoms with E-state index in [0.29, 0.717) is 5.69 Å². The van der Waals surface area contributed by atoms with Crippen LogP contribution in [0.4, 0.5) is 0 Å². The molecule has 0 spiro atoms. The number of aliphatic hydroxyl groups excluding tert-OH is 1. The topological polar surface area (TPSA) is 200 Å². The quantitative estimate of drug-likeness (QED) is 0.153. The summed E-state index contributed by atoms with van der Waals surface area (Å²) >= 11 is 3.90. The van der Waals surface area contributed by atoms with Crippen LogP contribution in [0.2, 0.25) is 0 Å². The molecule has 0 radical (unpaired) electrons. The van der Waals surface area contributed by atoms with Gasteiger partial charge < -0.3 is 36.9 Å². The fourth-order valence-corrected chi connectivity index (χ4v) is 3.06. The number of nitrogens with one attached hydrogen (secondary N) is 4. The molecule has 5 atom stereocenters. The predicted octanol–water partition coefficient (Wildman–Crippen LogP) is -1.82. The molecule has 1 heterocycles. The van der Waals surface area contributed by atoms with Crippen molar-refractivity contribution < 1.29 is 29.4 Å². The fraction of sp³-hybridized carbons (Fsp3) is 0.632. The number of aliphatic hydroxyl groups is 1. The number of amides is 3. The highest BCUT2D eigenvalue weighted by Gasteiger charge is 2.32. The summed E-state index contributed by atoms with van der Waals surface area (Å²) in [6.45, 7) is 4.95. The predicted molar refractivity (Wildman–Crippen MR) is 119 cm³/mol. The molecule has 1 rings (SSSR count). The highest BCUT2D eigenvalue weighted by molar-refractivity contribution is 7.80. The van der Waals surface area contributed by atoms with E-state index in [2.05, 4.69) is 38.5 Å². The first-order valence-corrected chi connectivity index (χ1v) is 10.7. The number of hydrogen-bond acceptors (Lipinski definition) is 8. The van der Waals surface area contributed by atoms with E-state index < -0.39 is 54.0 Å². The van der Waals surface area contributed by atoms with E-state index in [9.17, 15) is 24.3 Å². The minimum atomic E-state index is -1.38. The average molecular weight is 473 g/mol. The summed E-state index contributed by atoms with van der Waals surface area (Å²) in [5, 5.41) is 26.4. The van der Waals surface area contributed by atoms with Crippen LogP contribution in [0.3, 0.4) is 0 Å². The molecule has 13 heteroatoms. The molecule has 32 heavy (non-hydrogen) atoms. The highest BCUT2D eigenvalue weighted by Crippen LogP contribution is 2.07. The van der Waals surface area contributed by atoms with Gasteiger partial charge in [-0.3, -0.25) is 14.4 Å². The van der Waals surface area contributed by atoms with E-state index >= 15 is 0 Å². The van der Waals surface area contributed by atoms with Crippen LogP contribution in [0.15, 0.2) is 12.5 Å². The van der Waals surface area contributed by atoms with Crippen molar-refractivity contribution in [2.24, 2.45) is 11.7 Å². The van der Waals surface area contributed by atoms with Crippen LogP contribution < -0.4 is 21.7 Å². The number of carbonyl (C=O) groups excluding carboxylic acids is 3. The van der Waals surface area contributed by atoms with Gasteiger partial charge >= 0.3 is 5.97 Å². The number of carboxylic acids is 1. The normalized spacial score (nSPS) is 15.8. The molecule has 0 aliphatic rings. The van der Waals surface area contributed by atoms with Gasteiger partial charge in [0.15, 0.2) is 0 Å². The van der Waals surface area contributed by atoms with E-state index in [4.69, 9.17) is 10.8 Å². The number of imidazole rings is 1. The number of carbonyl (C=O) groups is 4. The van der Waals surface area contributed by atoms with E-state index in [1.54, 1.807) is 0 Å². The summed E-state index contributed by atoms with van der Waals surface area (Å²) in [4.78, 5) is 55.6. The number of nitrogens with zero attached hydrogens (tertiary/aromatic N) is 1. The average Bonchev–Trinajstić information content (AvgIpc) is 3.21. The van der Waals surface area contributed by atoms with Crippen LogP contribution in [0.5, 0.6) is 0 Å². The van der Waals surface area contributed by atoms with Gasteiger partial charge in [0.1, 0.15) is 18.1 Å². The summed E-state index contributed by atoms with van der Waals surface area (Å²) in [7, 11) is 0. The first-order chi connectivity index (χ1) is 15.0. The largest absolute Gasteiger partial charge is 0.480 e. The Hall–Kier alpha value is -2.64. The van der Waals surface area contributed by atoms with Crippen molar-refractivity contribution in [3.05, 3.63) is 18.2 Å². The molecule has 0 fully saturated rings. The number of aliphatic carboxylic acids is 1.